The molecule has 0 heterocycles. The Morgan fingerprint density at radius 2 is 1.60 bits per heavy atom. The van der Waals surface area contributed by atoms with Crippen LogP contribution in [0.3, 0.4) is 0 Å². The molecule has 0 atom stereocenters. The second kappa shape index (κ2) is 5.01. The first kappa shape index (κ1) is 10.3. The van der Waals surface area contributed by atoms with Gasteiger partial charge in [0.05, 0.1) is 0 Å². The van der Waals surface area contributed by atoms with Gasteiger partial charge in [0.2, 0.25) is 0 Å². The van der Waals surface area contributed by atoms with Gasteiger partial charge in [0.1, 0.15) is 0 Å². The zero-order valence-corrected chi connectivity index (χ0v) is 9.21. The summed E-state index contributed by atoms with van der Waals surface area (Å²) in [4.78, 5) is 0. The number of allylic oxidation sites excluding steroid dienone is 1. The van der Waals surface area contributed by atoms with E-state index in [9.17, 15) is 0 Å². The normalized spacial score (nSPS) is 17.2. The molecule has 1 aromatic rings. The maximum Gasteiger partial charge on any atom is 0.0387 e. The summed E-state index contributed by atoms with van der Waals surface area (Å²) in [6, 6.07) is 8.13. The van der Waals surface area contributed by atoms with Crippen LogP contribution >= 0.6 is 0 Å². The summed E-state index contributed by atoms with van der Waals surface area (Å²) in [7, 11) is 0. The van der Waals surface area contributed by atoms with Crippen LogP contribution < -0.4 is 5.73 Å². The van der Waals surface area contributed by atoms with Crippen molar-refractivity contribution in [2.45, 2.75) is 38.5 Å². The number of nitrogens with two attached hydrogens (primary N) is 1. The first-order valence-electron chi connectivity index (χ1n) is 5.90. The molecule has 1 aliphatic rings. The Labute approximate surface area is 92.0 Å². The number of anilines is 1. The van der Waals surface area contributed by atoms with Crippen molar-refractivity contribution in [3.8, 4) is 0 Å². The topological polar surface area (TPSA) is 26.0 Å². The average Bonchev–Trinajstić information content (AvgIpc) is 2.50. The Morgan fingerprint density at radius 1 is 0.933 bits per heavy atom. The highest BCUT2D eigenvalue weighted by Crippen LogP contribution is 2.25. The summed E-state index contributed by atoms with van der Waals surface area (Å²) in [5.74, 6) is 0. The van der Waals surface area contributed by atoms with Crippen molar-refractivity contribution in [1.29, 1.82) is 0 Å². The van der Waals surface area contributed by atoms with E-state index in [4.69, 9.17) is 5.73 Å². The summed E-state index contributed by atoms with van der Waals surface area (Å²) >= 11 is 0. The van der Waals surface area contributed by atoms with Crippen LogP contribution in [0.5, 0.6) is 0 Å². The van der Waals surface area contributed by atoms with Gasteiger partial charge in [-0.15, -0.1) is 0 Å². The molecule has 80 valence electrons. The summed E-state index contributed by atoms with van der Waals surface area (Å²) in [6.07, 6.45) is 10.3. The van der Waals surface area contributed by atoms with Crippen molar-refractivity contribution in [3.05, 3.63) is 35.4 Å². The van der Waals surface area contributed by atoms with Gasteiger partial charge in [-0.3, -0.25) is 0 Å². The first-order chi connectivity index (χ1) is 7.36. The standard InChI is InChI=1S/C14H19N/c15-14-10-6-5-9-13(14)11-12-7-3-1-2-4-8-12/h5-6,9-11H,1-4,7-8,15H2. The lowest BCUT2D eigenvalue weighted by Crippen LogP contribution is -1.89. The molecule has 0 saturated heterocycles. The van der Waals surface area contributed by atoms with Crippen molar-refractivity contribution in [3.63, 3.8) is 0 Å². The molecule has 0 aliphatic heterocycles. The molecule has 1 saturated carbocycles. The second-order valence-corrected chi connectivity index (χ2v) is 4.35. The molecule has 0 bridgehead atoms. The van der Waals surface area contributed by atoms with Crippen molar-refractivity contribution in [2.75, 3.05) is 5.73 Å². The molecular weight excluding hydrogens is 182 g/mol. The minimum atomic E-state index is 0.897. The van der Waals surface area contributed by atoms with Crippen molar-refractivity contribution >= 4 is 11.8 Å². The van der Waals surface area contributed by atoms with E-state index in [1.165, 1.54) is 44.1 Å². The van der Waals surface area contributed by atoms with Crippen LogP contribution in [0, 0.1) is 0 Å². The Morgan fingerprint density at radius 3 is 2.27 bits per heavy atom. The molecule has 15 heavy (non-hydrogen) atoms. The van der Waals surface area contributed by atoms with Gasteiger partial charge in [0.25, 0.3) is 0 Å². The highest BCUT2D eigenvalue weighted by atomic mass is 14.5. The third-order valence-electron chi connectivity index (χ3n) is 3.10. The molecule has 0 radical (unpaired) electrons. The number of benzene rings is 1. The van der Waals surface area contributed by atoms with Gasteiger partial charge in [-0.05, 0) is 37.3 Å². The molecule has 1 fully saturated rings. The first-order valence-corrected chi connectivity index (χ1v) is 5.90. The van der Waals surface area contributed by atoms with E-state index in [2.05, 4.69) is 18.2 Å². The predicted molar refractivity (Wildman–Crippen MR) is 66.5 cm³/mol. The summed E-state index contributed by atoms with van der Waals surface area (Å²) < 4.78 is 0. The molecule has 1 aromatic carbocycles. The molecule has 1 heteroatoms. The lowest BCUT2D eigenvalue weighted by Gasteiger charge is -2.04. The monoisotopic (exact) mass is 201 g/mol. The van der Waals surface area contributed by atoms with Crippen LogP contribution in [-0.4, -0.2) is 0 Å². The van der Waals surface area contributed by atoms with Gasteiger partial charge in [-0.1, -0.05) is 42.7 Å². The molecule has 2 N–H and O–H groups in total. The van der Waals surface area contributed by atoms with Gasteiger partial charge >= 0.3 is 0 Å². The molecular formula is C14H19N. The third-order valence-corrected chi connectivity index (χ3v) is 3.10. The Kier molecular flexibility index (Phi) is 3.44. The number of para-hydroxylation sites is 1. The van der Waals surface area contributed by atoms with Gasteiger partial charge in [-0.2, -0.15) is 0 Å². The van der Waals surface area contributed by atoms with E-state index in [0.29, 0.717) is 0 Å². The summed E-state index contributed by atoms with van der Waals surface area (Å²) in [5, 5.41) is 0. The van der Waals surface area contributed by atoms with Crippen LogP contribution in [0.2, 0.25) is 0 Å². The van der Waals surface area contributed by atoms with Gasteiger partial charge < -0.3 is 5.73 Å². The molecule has 0 unspecified atom stereocenters. The van der Waals surface area contributed by atoms with Crippen LogP contribution in [0.4, 0.5) is 5.69 Å². The van der Waals surface area contributed by atoms with Crippen LogP contribution in [0.1, 0.15) is 44.1 Å². The largest absolute Gasteiger partial charge is 0.398 e. The van der Waals surface area contributed by atoms with E-state index in [1.807, 2.05) is 12.1 Å². The fraction of sp³-hybridized carbons (Fsp3) is 0.429. The quantitative estimate of drug-likeness (QED) is 0.539. The molecule has 1 aliphatic carbocycles. The number of hydrogen-bond donors (Lipinski definition) is 1. The zero-order valence-electron chi connectivity index (χ0n) is 9.21. The Bertz CT molecular complexity index is 342. The van der Waals surface area contributed by atoms with Crippen LogP contribution in [0.25, 0.3) is 6.08 Å². The molecule has 0 aromatic heterocycles. The Balaban J connectivity index is 2.17. The van der Waals surface area contributed by atoms with Crippen LogP contribution in [-0.2, 0) is 0 Å². The van der Waals surface area contributed by atoms with Crippen molar-refractivity contribution < 1.29 is 0 Å². The fourth-order valence-corrected chi connectivity index (χ4v) is 2.19. The number of rotatable bonds is 1. The van der Waals surface area contributed by atoms with Gasteiger partial charge in [-0.25, -0.2) is 0 Å². The van der Waals surface area contributed by atoms with E-state index in [-0.39, 0.29) is 0 Å². The maximum absolute atomic E-state index is 5.93. The van der Waals surface area contributed by atoms with Crippen molar-refractivity contribution in [1.82, 2.24) is 0 Å². The fourth-order valence-electron chi connectivity index (χ4n) is 2.19. The molecule has 0 spiro atoms. The second-order valence-electron chi connectivity index (χ2n) is 4.35. The summed E-state index contributed by atoms with van der Waals surface area (Å²) in [6.45, 7) is 0. The van der Waals surface area contributed by atoms with Gasteiger partial charge in [0.15, 0.2) is 0 Å². The zero-order chi connectivity index (χ0) is 10.5. The highest BCUT2D eigenvalue weighted by Gasteiger charge is 2.04. The molecule has 0 amide bonds. The third kappa shape index (κ3) is 2.85. The van der Waals surface area contributed by atoms with E-state index >= 15 is 0 Å². The van der Waals surface area contributed by atoms with Crippen LogP contribution in [0.15, 0.2) is 29.8 Å². The number of nitrogen functional groups attached to an aromatic ring is 1. The highest BCUT2D eigenvalue weighted by molar-refractivity contribution is 5.65. The predicted octanol–water partition coefficient (Wildman–Crippen LogP) is 4.01. The summed E-state index contributed by atoms with van der Waals surface area (Å²) in [5.41, 5.74) is 9.59. The SMILES string of the molecule is Nc1ccccc1C=C1CCCCCC1. The molecule has 2 rings (SSSR count). The Hall–Kier alpha value is -1.24. The van der Waals surface area contributed by atoms with Crippen molar-refractivity contribution in [2.24, 2.45) is 0 Å². The van der Waals surface area contributed by atoms with E-state index in [1.54, 1.807) is 5.57 Å². The smallest absolute Gasteiger partial charge is 0.0387 e. The number of hydrogen-bond acceptors (Lipinski definition) is 1. The minimum absolute atomic E-state index is 0.897. The minimum Gasteiger partial charge on any atom is -0.398 e. The van der Waals surface area contributed by atoms with Gasteiger partial charge in [0, 0.05) is 5.69 Å². The van der Waals surface area contributed by atoms with E-state index < -0.39 is 0 Å². The maximum atomic E-state index is 5.93. The average molecular weight is 201 g/mol. The lowest BCUT2D eigenvalue weighted by molar-refractivity contribution is 0.702. The molecule has 1 nitrogen and oxygen atoms in total. The van der Waals surface area contributed by atoms with E-state index in [0.717, 1.165) is 5.69 Å². The lowest BCUT2D eigenvalue weighted by atomic mass is 10.0.